The van der Waals surface area contributed by atoms with Crippen LogP contribution < -0.4 is 10.2 Å². The molecule has 0 amide bonds. The van der Waals surface area contributed by atoms with E-state index in [-0.39, 0.29) is 5.54 Å². The molecular weight excluding hydrogens is 384 g/mol. The lowest BCUT2D eigenvalue weighted by Crippen LogP contribution is -2.38. The van der Waals surface area contributed by atoms with Crippen LogP contribution in [0.5, 0.6) is 0 Å². The molecule has 31 heavy (non-hydrogen) atoms. The molecule has 0 saturated carbocycles. The number of anilines is 4. The third kappa shape index (κ3) is 4.58. The Morgan fingerprint density at radius 1 is 0.903 bits per heavy atom. The molecule has 0 atom stereocenters. The molecule has 0 aliphatic heterocycles. The van der Waals surface area contributed by atoms with Crippen LogP contribution in [0, 0.1) is 13.8 Å². The van der Waals surface area contributed by atoms with E-state index >= 15 is 0 Å². The number of nitrogens with one attached hydrogen (secondary N) is 1. The monoisotopic (exact) mass is 412 g/mol. The van der Waals surface area contributed by atoms with Gasteiger partial charge in [-0.25, -0.2) is 9.97 Å². The summed E-state index contributed by atoms with van der Waals surface area (Å²) in [5, 5.41) is 3.34. The number of nitrogens with zero attached hydrogens (tertiary/aromatic N) is 5. The topological polar surface area (TPSA) is 58.9 Å². The highest BCUT2D eigenvalue weighted by Gasteiger charge is 2.26. The summed E-state index contributed by atoms with van der Waals surface area (Å²) in [6, 6.07) is 18.5. The molecule has 2 heterocycles. The first kappa shape index (κ1) is 20.6. The summed E-state index contributed by atoms with van der Waals surface area (Å²) >= 11 is 0. The van der Waals surface area contributed by atoms with Crippen LogP contribution >= 0.6 is 0 Å². The number of hydrogen-bond acceptors (Lipinski definition) is 5. The van der Waals surface area contributed by atoms with Crippen LogP contribution in [-0.2, 0) is 0 Å². The summed E-state index contributed by atoms with van der Waals surface area (Å²) in [6.07, 6.45) is 5.69. The van der Waals surface area contributed by atoms with Crippen molar-refractivity contribution in [3.8, 4) is 5.69 Å². The van der Waals surface area contributed by atoms with Crippen molar-refractivity contribution in [3.05, 3.63) is 84.6 Å². The molecule has 6 heteroatoms. The molecule has 0 unspecified atom stereocenters. The molecule has 0 bridgehead atoms. The fourth-order valence-corrected chi connectivity index (χ4v) is 3.53. The Balaban J connectivity index is 1.63. The van der Waals surface area contributed by atoms with Gasteiger partial charge in [0, 0.05) is 40.6 Å². The van der Waals surface area contributed by atoms with E-state index in [1.165, 1.54) is 0 Å². The van der Waals surface area contributed by atoms with Gasteiger partial charge in [-0.2, -0.15) is 4.98 Å². The smallest absolute Gasteiger partial charge is 0.229 e. The lowest BCUT2D eigenvalue weighted by molar-refractivity contribution is 0.554. The van der Waals surface area contributed by atoms with E-state index in [4.69, 9.17) is 4.98 Å². The van der Waals surface area contributed by atoms with Gasteiger partial charge in [-0.3, -0.25) is 0 Å². The van der Waals surface area contributed by atoms with Gasteiger partial charge in [0.15, 0.2) is 0 Å². The van der Waals surface area contributed by atoms with Crippen molar-refractivity contribution in [2.24, 2.45) is 0 Å². The second-order valence-corrected chi connectivity index (χ2v) is 8.64. The van der Waals surface area contributed by atoms with Gasteiger partial charge in [0.25, 0.3) is 0 Å². The number of benzene rings is 2. The molecule has 2 aromatic carbocycles. The first-order valence-electron chi connectivity index (χ1n) is 10.4. The standard InChI is InChI=1S/C25H28N6/c1-18-15-26-24(28-20-11-13-21(14-12-20)30-16-19(2)27-17-30)29-23(18)31(25(3,4)5)22-9-7-6-8-10-22/h6-17H,1-5H3,(H,26,28,29). The van der Waals surface area contributed by atoms with E-state index in [0.717, 1.165) is 34.1 Å². The first-order valence-corrected chi connectivity index (χ1v) is 10.4. The van der Waals surface area contributed by atoms with E-state index in [1.807, 2.05) is 79.6 Å². The lowest BCUT2D eigenvalue weighted by Gasteiger charge is -2.37. The highest BCUT2D eigenvalue weighted by molar-refractivity contribution is 5.66. The molecular formula is C25H28N6. The van der Waals surface area contributed by atoms with Crippen LogP contribution in [0.3, 0.4) is 0 Å². The van der Waals surface area contributed by atoms with E-state index in [9.17, 15) is 0 Å². The Morgan fingerprint density at radius 3 is 2.23 bits per heavy atom. The number of aryl methyl sites for hydroxylation is 2. The minimum absolute atomic E-state index is 0.150. The molecule has 0 spiro atoms. The Hall–Kier alpha value is -3.67. The maximum Gasteiger partial charge on any atom is 0.229 e. The van der Waals surface area contributed by atoms with Crippen molar-refractivity contribution in [2.75, 3.05) is 10.2 Å². The first-order chi connectivity index (χ1) is 14.8. The normalized spacial score (nSPS) is 11.4. The summed E-state index contributed by atoms with van der Waals surface area (Å²) in [6.45, 7) is 10.6. The second kappa shape index (κ2) is 8.22. The van der Waals surface area contributed by atoms with E-state index in [1.54, 1.807) is 0 Å². The third-order valence-corrected chi connectivity index (χ3v) is 4.98. The number of rotatable bonds is 5. The minimum atomic E-state index is -0.150. The quantitative estimate of drug-likeness (QED) is 0.438. The molecule has 0 fully saturated rings. The van der Waals surface area contributed by atoms with Crippen molar-refractivity contribution in [1.82, 2.24) is 19.5 Å². The molecule has 2 aromatic heterocycles. The zero-order chi connectivity index (χ0) is 22.0. The van der Waals surface area contributed by atoms with Gasteiger partial charge in [-0.05, 0) is 71.0 Å². The van der Waals surface area contributed by atoms with E-state index in [2.05, 4.69) is 53.1 Å². The number of hydrogen-bond donors (Lipinski definition) is 1. The summed E-state index contributed by atoms with van der Waals surface area (Å²) in [7, 11) is 0. The summed E-state index contributed by atoms with van der Waals surface area (Å²) < 4.78 is 2.00. The van der Waals surface area contributed by atoms with Crippen molar-refractivity contribution in [1.29, 1.82) is 0 Å². The van der Waals surface area contributed by atoms with Crippen LogP contribution in [0.1, 0.15) is 32.0 Å². The van der Waals surface area contributed by atoms with Crippen molar-refractivity contribution in [2.45, 2.75) is 40.2 Å². The fourth-order valence-electron chi connectivity index (χ4n) is 3.53. The SMILES string of the molecule is Cc1cn(-c2ccc(Nc3ncc(C)c(N(c4ccccc4)C(C)(C)C)n3)cc2)cn1. The second-order valence-electron chi connectivity index (χ2n) is 8.64. The van der Waals surface area contributed by atoms with Crippen LogP contribution in [0.4, 0.5) is 23.1 Å². The van der Waals surface area contributed by atoms with Crippen LogP contribution in [0.2, 0.25) is 0 Å². The van der Waals surface area contributed by atoms with E-state index in [0.29, 0.717) is 5.95 Å². The average molecular weight is 413 g/mol. The molecule has 158 valence electrons. The van der Waals surface area contributed by atoms with Crippen LogP contribution in [0.25, 0.3) is 5.69 Å². The van der Waals surface area contributed by atoms with Gasteiger partial charge in [0.05, 0.1) is 12.0 Å². The van der Waals surface area contributed by atoms with Crippen molar-refractivity contribution < 1.29 is 0 Å². The molecule has 4 aromatic rings. The molecule has 6 nitrogen and oxygen atoms in total. The van der Waals surface area contributed by atoms with Crippen molar-refractivity contribution >= 4 is 23.1 Å². The zero-order valence-corrected chi connectivity index (χ0v) is 18.7. The number of para-hydroxylation sites is 1. The Bertz CT molecular complexity index is 1160. The molecule has 4 rings (SSSR count). The van der Waals surface area contributed by atoms with Gasteiger partial charge in [-0.1, -0.05) is 18.2 Å². The summed E-state index contributed by atoms with van der Waals surface area (Å²) in [4.78, 5) is 15.9. The Kier molecular flexibility index (Phi) is 5.46. The third-order valence-electron chi connectivity index (χ3n) is 4.98. The van der Waals surface area contributed by atoms with Crippen LogP contribution in [-0.4, -0.2) is 25.1 Å². The summed E-state index contributed by atoms with van der Waals surface area (Å²) in [5.41, 5.74) is 4.95. The van der Waals surface area contributed by atoms with Gasteiger partial charge in [0.1, 0.15) is 5.82 Å². The lowest BCUT2D eigenvalue weighted by atomic mass is 10.0. The van der Waals surface area contributed by atoms with Gasteiger partial charge in [0.2, 0.25) is 5.95 Å². The van der Waals surface area contributed by atoms with Gasteiger partial charge >= 0.3 is 0 Å². The zero-order valence-electron chi connectivity index (χ0n) is 18.7. The minimum Gasteiger partial charge on any atom is -0.324 e. The van der Waals surface area contributed by atoms with Crippen molar-refractivity contribution in [3.63, 3.8) is 0 Å². The fraction of sp³-hybridized carbons (Fsp3) is 0.240. The predicted octanol–water partition coefficient (Wildman–Crippen LogP) is 5.96. The Morgan fingerprint density at radius 2 is 1.61 bits per heavy atom. The number of aromatic nitrogens is 4. The van der Waals surface area contributed by atoms with Gasteiger partial charge in [-0.15, -0.1) is 0 Å². The largest absolute Gasteiger partial charge is 0.324 e. The molecule has 0 aliphatic carbocycles. The average Bonchev–Trinajstić information content (AvgIpc) is 3.17. The molecule has 0 aliphatic rings. The summed E-state index contributed by atoms with van der Waals surface area (Å²) in [5.74, 6) is 1.46. The highest BCUT2D eigenvalue weighted by atomic mass is 15.3. The maximum absolute atomic E-state index is 4.88. The molecule has 0 radical (unpaired) electrons. The highest BCUT2D eigenvalue weighted by Crippen LogP contribution is 2.34. The Labute approximate surface area is 183 Å². The maximum atomic E-state index is 4.88. The molecule has 1 N–H and O–H groups in total. The van der Waals surface area contributed by atoms with Gasteiger partial charge < -0.3 is 14.8 Å². The number of imidazole rings is 1. The van der Waals surface area contributed by atoms with Crippen LogP contribution in [0.15, 0.2) is 73.3 Å². The van der Waals surface area contributed by atoms with E-state index < -0.39 is 0 Å². The predicted molar refractivity (Wildman–Crippen MR) is 127 cm³/mol. The molecule has 0 saturated heterocycles.